The van der Waals surface area contributed by atoms with E-state index in [9.17, 15) is 0 Å². The highest BCUT2D eigenvalue weighted by atomic mass is 35.5. The van der Waals surface area contributed by atoms with Crippen molar-refractivity contribution < 1.29 is 4.74 Å². The van der Waals surface area contributed by atoms with Crippen LogP contribution < -0.4 is 10.1 Å². The third kappa shape index (κ3) is 7.39. The number of benzene rings is 1. The molecule has 1 N–H and O–H groups in total. The molecule has 0 unspecified atom stereocenters. The molecule has 0 atom stereocenters. The highest BCUT2D eigenvalue weighted by Gasteiger charge is 2.09. The monoisotopic (exact) mass is 331 g/mol. The second-order valence-corrected chi connectivity index (χ2v) is 7.11. The molecule has 1 aromatic rings. The number of nitrogens with one attached hydrogen (secondary N) is 1. The lowest BCUT2D eigenvalue weighted by Crippen LogP contribution is -2.36. The van der Waals surface area contributed by atoms with Crippen LogP contribution >= 0.6 is 23.2 Å². The molecular formula is C17H27Cl2NO. The molecule has 0 spiro atoms. The van der Waals surface area contributed by atoms with Crippen LogP contribution in [0, 0.1) is 0 Å². The van der Waals surface area contributed by atoms with Gasteiger partial charge in [0.15, 0.2) is 0 Å². The van der Waals surface area contributed by atoms with Gasteiger partial charge in [0.2, 0.25) is 0 Å². The first-order valence-electron chi connectivity index (χ1n) is 7.69. The Bertz CT molecular complexity index is 441. The fourth-order valence-corrected chi connectivity index (χ4v) is 2.60. The van der Waals surface area contributed by atoms with Crippen molar-refractivity contribution in [2.24, 2.45) is 0 Å². The number of halogens is 2. The van der Waals surface area contributed by atoms with Crippen LogP contribution in [0.15, 0.2) is 12.1 Å². The molecular weight excluding hydrogens is 305 g/mol. The molecule has 0 aromatic heterocycles. The first-order chi connectivity index (χ1) is 9.83. The maximum absolute atomic E-state index is 6.29. The Labute approximate surface area is 139 Å². The Morgan fingerprint density at radius 2 is 1.76 bits per heavy atom. The largest absolute Gasteiger partial charge is 0.492 e. The van der Waals surface area contributed by atoms with Crippen molar-refractivity contribution in [2.45, 2.75) is 58.9 Å². The maximum atomic E-state index is 6.29. The highest BCUT2D eigenvalue weighted by molar-refractivity contribution is 6.34. The van der Waals surface area contributed by atoms with Gasteiger partial charge in [-0.05, 0) is 65.1 Å². The van der Waals surface area contributed by atoms with Crippen molar-refractivity contribution in [2.75, 3.05) is 13.2 Å². The van der Waals surface area contributed by atoms with Crippen LogP contribution in [0.1, 0.15) is 52.5 Å². The molecule has 0 fully saturated rings. The summed E-state index contributed by atoms with van der Waals surface area (Å²) < 4.78 is 5.44. The summed E-state index contributed by atoms with van der Waals surface area (Å²) in [6, 6.07) is 3.76. The van der Waals surface area contributed by atoms with Crippen LogP contribution in [-0.2, 0) is 6.42 Å². The summed E-state index contributed by atoms with van der Waals surface area (Å²) in [4.78, 5) is 0. The van der Waals surface area contributed by atoms with Gasteiger partial charge in [-0.1, -0.05) is 29.6 Å². The molecule has 0 saturated carbocycles. The van der Waals surface area contributed by atoms with Gasteiger partial charge in [-0.2, -0.15) is 0 Å². The van der Waals surface area contributed by atoms with Crippen molar-refractivity contribution in [1.29, 1.82) is 0 Å². The Morgan fingerprint density at radius 3 is 2.38 bits per heavy atom. The van der Waals surface area contributed by atoms with E-state index < -0.39 is 0 Å². The molecule has 0 heterocycles. The molecule has 0 bridgehead atoms. The second-order valence-electron chi connectivity index (χ2n) is 6.29. The van der Waals surface area contributed by atoms with Crippen LogP contribution in [-0.4, -0.2) is 18.7 Å². The zero-order valence-corrected chi connectivity index (χ0v) is 15.1. The van der Waals surface area contributed by atoms with Crippen molar-refractivity contribution in [3.8, 4) is 5.75 Å². The van der Waals surface area contributed by atoms with E-state index in [1.807, 2.05) is 19.1 Å². The quantitative estimate of drug-likeness (QED) is 0.635. The zero-order chi connectivity index (χ0) is 15.9. The summed E-state index contributed by atoms with van der Waals surface area (Å²) >= 11 is 12.5. The molecule has 1 rings (SSSR count). The van der Waals surface area contributed by atoms with Crippen molar-refractivity contribution in [1.82, 2.24) is 5.32 Å². The average molecular weight is 332 g/mol. The minimum Gasteiger partial charge on any atom is -0.492 e. The molecule has 0 amide bonds. The first-order valence-corrected chi connectivity index (χ1v) is 8.45. The molecule has 4 heteroatoms. The lowest BCUT2D eigenvalue weighted by atomic mass is 10.1. The van der Waals surface area contributed by atoms with E-state index in [4.69, 9.17) is 27.9 Å². The smallest absolute Gasteiger partial charge is 0.139 e. The van der Waals surface area contributed by atoms with Crippen LogP contribution in [0.25, 0.3) is 0 Å². The minimum atomic E-state index is 0.200. The van der Waals surface area contributed by atoms with Crippen molar-refractivity contribution >= 4 is 23.2 Å². The zero-order valence-electron chi connectivity index (χ0n) is 13.6. The fraction of sp³-hybridized carbons (Fsp3) is 0.647. The Balaban J connectivity index is 2.37. The first kappa shape index (κ1) is 18.6. The SMILES string of the molecule is CCOc1cc(Cl)c(CCCCCNC(C)(C)C)cc1Cl. The fourth-order valence-electron chi connectivity index (χ4n) is 2.11. The summed E-state index contributed by atoms with van der Waals surface area (Å²) in [6.45, 7) is 10.2. The molecule has 21 heavy (non-hydrogen) atoms. The number of ether oxygens (including phenoxy) is 1. The van der Waals surface area contributed by atoms with E-state index >= 15 is 0 Å². The van der Waals surface area contributed by atoms with Gasteiger partial charge >= 0.3 is 0 Å². The molecule has 2 nitrogen and oxygen atoms in total. The van der Waals surface area contributed by atoms with Gasteiger partial charge < -0.3 is 10.1 Å². The third-order valence-corrected chi connectivity index (χ3v) is 3.83. The lowest BCUT2D eigenvalue weighted by molar-refractivity contribution is 0.340. The molecule has 0 saturated heterocycles. The number of hydrogen-bond acceptors (Lipinski definition) is 2. The van der Waals surface area contributed by atoms with Crippen LogP contribution in [0.3, 0.4) is 0 Å². The summed E-state index contributed by atoms with van der Waals surface area (Å²) in [5.74, 6) is 0.669. The Morgan fingerprint density at radius 1 is 1.05 bits per heavy atom. The van der Waals surface area contributed by atoms with E-state index in [2.05, 4.69) is 26.1 Å². The predicted molar refractivity (Wildman–Crippen MR) is 92.9 cm³/mol. The van der Waals surface area contributed by atoms with Crippen LogP contribution in [0.4, 0.5) is 0 Å². The molecule has 0 aliphatic carbocycles. The molecule has 1 aromatic carbocycles. The van der Waals surface area contributed by atoms with Gasteiger partial charge in [0.1, 0.15) is 5.75 Å². The third-order valence-electron chi connectivity index (χ3n) is 3.18. The number of unbranched alkanes of at least 4 members (excludes halogenated alkanes) is 2. The normalized spacial score (nSPS) is 11.7. The minimum absolute atomic E-state index is 0.200. The number of aryl methyl sites for hydroxylation is 1. The van der Waals surface area contributed by atoms with E-state index in [1.54, 1.807) is 0 Å². The second kappa shape index (κ2) is 8.87. The van der Waals surface area contributed by atoms with E-state index in [-0.39, 0.29) is 5.54 Å². The standard InChI is InChI=1S/C17H27Cl2NO/c1-5-21-16-12-14(18)13(11-15(16)19)9-7-6-8-10-20-17(2,3)4/h11-12,20H,5-10H2,1-4H3. The van der Waals surface area contributed by atoms with E-state index in [0.29, 0.717) is 17.4 Å². The van der Waals surface area contributed by atoms with Crippen molar-refractivity contribution in [3.63, 3.8) is 0 Å². The van der Waals surface area contributed by atoms with Gasteiger partial charge in [0.05, 0.1) is 11.6 Å². The van der Waals surface area contributed by atoms with Gasteiger partial charge in [-0.15, -0.1) is 0 Å². The average Bonchev–Trinajstić information content (AvgIpc) is 2.38. The number of rotatable bonds is 8. The summed E-state index contributed by atoms with van der Waals surface area (Å²) in [7, 11) is 0. The van der Waals surface area contributed by atoms with Crippen molar-refractivity contribution in [3.05, 3.63) is 27.7 Å². The highest BCUT2D eigenvalue weighted by Crippen LogP contribution is 2.32. The van der Waals surface area contributed by atoms with Gasteiger partial charge in [-0.25, -0.2) is 0 Å². The summed E-state index contributed by atoms with van der Waals surface area (Å²) in [5.41, 5.74) is 1.31. The summed E-state index contributed by atoms with van der Waals surface area (Å²) in [5, 5.41) is 4.89. The predicted octanol–water partition coefficient (Wildman–Crippen LogP) is 5.49. The lowest BCUT2D eigenvalue weighted by Gasteiger charge is -2.20. The molecule has 0 aliphatic rings. The van der Waals surface area contributed by atoms with Gasteiger partial charge in [0.25, 0.3) is 0 Å². The molecule has 120 valence electrons. The summed E-state index contributed by atoms with van der Waals surface area (Å²) in [6.07, 6.45) is 4.44. The van der Waals surface area contributed by atoms with Crippen LogP contribution in [0.5, 0.6) is 5.75 Å². The topological polar surface area (TPSA) is 21.3 Å². The Hall–Kier alpha value is -0.440. The Kier molecular flexibility index (Phi) is 7.86. The van der Waals surface area contributed by atoms with Gasteiger partial charge in [-0.3, -0.25) is 0 Å². The molecule has 0 radical (unpaired) electrons. The number of hydrogen-bond donors (Lipinski definition) is 1. The van der Waals surface area contributed by atoms with E-state index in [0.717, 1.165) is 30.0 Å². The maximum Gasteiger partial charge on any atom is 0.139 e. The molecule has 0 aliphatic heterocycles. The van der Waals surface area contributed by atoms with E-state index in [1.165, 1.54) is 12.8 Å². The van der Waals surface area contributed by atoms with Gasteiger partial charge in [0, 0.05) is 16.6 Å². The van der Waals surface area contributed by atoms with Crippen LogP contribution in [0.2, 0.25) is 10.0 Å².